The van der Waals surface area contributed by atoms with Crippen molar-refractivity contribution in [2.24, 2.45) is 0 Å². The van der Waals surface area contributed by atoms with Gasteiger partial charge in [0, 0.05) is 17.5 Å². The Labute approximate surface area is 114 Å². The van der Waals surface area contributed by atoms with Gasteiger partial charge in [-0.3, -0.25) is 9.48 Å². The van der Waals surface area contributed by atoms with E-state index in [4.69, 9.17) is 0 Å². The molecule has 0 radical (unpaired) electrons. The largest absolute Gasteiger partial charge is 0.298 e. The maximum atomic E-state index is 11.8. The molecule has 0 aromatic carbocycles. The van der Waals surface area contributed by atoms with Crippen LogP contribution in [0.1, 0.15) is 52.3 Å². The molecule has 0 aliphatic heterocycles. The third-order valence-corrected chi connectivity index (χ3v) is 4.58. The second-order valence-corrected chi connectivity index (χ2v) is 6.22. The Morgan fingerprint density at radius 3 is 2.72 bits per heavy atom. The first-order chi connectivity index (χ1) is 8.56. The van der Waals surface area contributed by atoms with Crippen molar-refractivity contribution in [3.8, 4) is 0 Å². The molecule has 18 heavy (non-hydrogen) atoms. The summed E-state index contributed by atoms with van der Waals surface area (Å²) < 4.78 is 1.95. The first-order valence-corrected chi connectivity index (χ1v) is 7.79. The SMILES string of the molecule is CCC(C)SCC(=O)Cc1ccn(C(C)CC)n1. The van der Waals surface area contributed by atoms with Gasteiger partial charge in [-0.1, -0.05) is 20.8 Å². The zero-order valence-electron chi connectivity index (χ0n) is 11.8. The summed E-state index contributed by atoms with van der Waals surface area (Å²) in [4.78, 5) is 11.8. The Morgan fingerprint density at radius 2 is 2.11 bits per heavy atom. The highest BCUT2D eigenvalue weighted by Gasteiger charge is 2.10. The van der Waals surface area contributed by atoms with Crippen molar-refractivity contribution in [2.75, 3.05) is 5.75 Å². The van der Waals surface area contributed by atoms with Crippen molar-refractivity contribution in [3.63, 3.8) is 0 Å². The molecule has 1 aromatic heterocycles. The highest BCUT2D eigenvalue weighted by atomic mass is 32.2. The summed E-state index contributed by atoms with van der Waals surface area (Å²) in [5.74, 6) is 0.875. The lowest BCUT2D eigenvalue weighted by Crippen LogP contribution is -2.10. The second kappa shape index (κ2) is 7.62. The van der Waals surface area contributed by atoms with Crippen LogP contribution in [0.5, 0.6) is 0 Å². The van der Waals surface area contributed by atoms with E-state index in [9.17, 15) is 4.79 Å². The van der Waals surface area contributed by atoms with Crippen molar-refractivity contribution in [1.29, 1.82) is 0 Å². The third kappa shape index (κ3) is 4.84. The van der Waals surface area contributed by atoms with E-state index in [0.717, 1.165) is 18.5 Å². The number of ketones is 1. The Morgan fingerprint density at radius 1 is 1.39 bits per heavy atom. The highest BCUT2D eigenvalue weighted by molar-refractivity contribution is 8.00. The number of rotatable bonds is 8. The minimum absolute atomic E-state index is 0.273. The molecule has 1 aromatic rings. The van der Waals surface area contributed by atoms with E-state index in [2.05, 4.69) is 32.8 Å². The molecule has 0 bridgehead atoms. The average molecular weight is 268 g/mol. The predicted octanol–water partition coefficient (Wildman–Crippen LogP) is 3.50. The molecule has 2 atom stereocenters. The Bertz CT molecular complexity index is 376. The lowest BCUT2D eigenvalue weighted by molar-refractivity contribution is -0.116. The summed E-state index contributed by atoms with van der Waals surface area (Å²) in [6, 6.07) is 2.36. The van der Waals surface area contributed by atoms with Crippen LogP contribution in [-0.2, 0) is 11.2 Å². The molecule has 0 aliphatic rings. The van der Waals surface area contributed by atoms with Crippen LogP contribution in [0.3, 0.4) is 0 Å². The molecule has 0 aliphatic carbocycles. The van der Waals surface area contributed by atoms with Gasteiger partial charge >= 0.3 is 0 Å². The molecule has 102 valence electrons. The zero-order chi connectivity index (χ0) is 13.5. The second-order valence-electron chi connectivity index (χ2n) is 4.79. The summed E-state index contributed by atoms with van der Waals surface area (Å²) in [6.45, 7) is 8.59. The van der Waals surface area contributed by atoms with Gasteiger partial charge in [-0.05, 0) is 25.8 Å². The number of nitrogens with zero attached hydrogens (tertiary/aromatic N) is 2. The molecular weight excluding hydrogens is 244 g/mol. The number of thioether (sulfide) groups is 1. The number of hydrogen-bond donors (Lipinski definition) is 0. The van der Waals surface area contributed by atoms with Crippen molar-refractivity contribution < 1.29 is 4.79 Å². The fourth-order valence-corrected chi connectivity index (χ4v) is 2.32. The van der Waals surface area contributed by atoms with E-state index in [-0.39, 0.29) is 5.78 Å². The molecule has 0 saturated heterocycles. The number of carbonyl (C=O) groups excluding carboxylic acids is 1. The topological polar surface area (TPSA) is 34.9 Å². The fourth-order valence-electron chi connectivity index (χ4n) is 1.51. The molecule has 4 heteroatoms. The first-order valence-electron chi connectivity index (χ1n) is 6.74. The van der Waals surface area contributed by atoms with Gasteiger partial charge in [0.25, 0.3) is 0 Å². The highest BCUT2D eigenvalue weighted by Crippen LogP contribution is 2.14. The van der Waals surface area contributed by atoms with Gasteiger partial charge in [-0.25, -0.2) is 0 Å². The molecule has 1 heterocycles. The minimum Gasteiger partial charge on any atom is -0.298 e. The Balaban J connectivity index is 2.42. The van der Waals surface area contributed by atoms with Crippen LogP contribution in [0.15, 0.2) is 12.3 Å². The smallest absolute Gasteiger partial charge is 0.148 e. The molecule has 0 saturated carbocycles. The normalized spacial score (nSPS) is 14.4. The molecule has 2 unspecified atom stereocenters. The third-order valence-electron chi connectivity index (χ3n) is 3.19. The number of Topliss-reactive ketones (excluding diaryl/α,β-unsaturated/α-hetero) is 1. The van der Waals surface area contributed by atoms with Crippen molar-refractivity contribution in [3.05, 3.63) is 18.0 Å². The molecular formula is C14H24N2OS. The summed E-state index contributed by atoms with van der Waals surface area (Å²) in [6.07, 6.45) is 4.60. The van der Waals surface area contributed by atoms with E-state index in [0.29, 0.717) is 23.5 Å². The van der Waals surface area contributed by atoms with E-state index < -0.39 is 0 Å². The summed E-state index contributed by atoms with van der Waals surface area (Å²) in [5, 5.41) is 5.02. The quantitative estimate of drug-likeness (QED) is 0.724. The van der Waals surface area contributed by atoms with E-state index in [1.807, 2.05) is 16.9 Å². The van der Waals surface area contributed by atoms with Gasteiger partial charge < -0.3 is 0 Å². The van der Waals surface area contributed by atoms with Gasteiger partial charge in [0.1, 0.15) is 5.78 Å². The molecule has 0 spiro atoms. The standard InChI is InChI=1S/C14H24N2OS/c1-5-11(3)16-8-7-13(15-16)9-14(17)10-18-12(4)6-2/h7-8,11-12H,5-6,9-10H2,1-4H3. The Kier molecular flexibility index (Phi) is 6.47. The van der Waals surface area contributed by atoms with Crippen LogP contribution in [0.2, 0.25) is 0 Å². The van der Waals surface area contributed by atoms with Crippen LogP contribution in [0.25, 0.3) is 0 Å². The molecule has 0 amide bonds. The number of carbonyl (C=O) groups is 1. The molecule has 3 nitrogen and oxygen atoms in total. The van der Waals surface area contributed by atoms with E-state index >= 15 is 0 Å². The molecule has 1 rings (SSSR count). The van der Waals surface area contributed by atoms with E-state index in [1.165, 1.54) is 0 Å². The maximum absolute atomic E-state index is 11.8. The van der Waals surface area contributed by atoms with Crippen LogP contribution in [0, 0.1) is 0 Å². The van der Waals surface area contributed by atoms with Crippen LogP contribution in [-0.4, -0.2) is 26.6 Å². The number of hydrogen-bond acceptors (Lipinski definition) is 3. The summed E-state index contributed by atoms with van der Waals surface area (Å²) >= 11 is 1.74. The average Bonchev–Trinajstić information content (AvgIpc) is 2.83. The molecule has 0 fully saturated rings. The lowest BCUT2D eigenvalue weighted by Gasteiger charge is -2.08. The van der Waals surface area contributed by atoms with Crippen molar-refractivity contribution in [1.82, 2.24) is 9.78 Å². The van der Waals surface area contributed by atoms with E-state index in [1.54, 1.807) is 11.8 Å². The first kappa shape index (κ1) is 15.3. The maximum Gasteiger partial charge on any atom is 0.148 e. The Hall–Kier alpha value is -0.770. The minimum atomic E-state index is 0.273. The van der Waals surface area contributed by atoms with Gasteiger partial charge in [0.15, 0.2) is 0 Å². The number of aromatic nitrogens is 2. The summed E-state index contributed by atoms with van der Waals surface area (Å²) in [5.41, 5.74) is 0.894. The molecule has 0 N–H and O–H groups in total. The van der Waals surface area contributed by atoms with Gasteiger partial charge in [-0.2, -0.15) is 16.9 Å². The van der Waals surface area contributed by atoms with Crippen molar-refractivity contribution >= 4 is 17.5 Å². The van der Waals surface area contributed by atoms with Gasteiger partial charge in [0.05, 0.1) is 17.9 Å². The fraction of sp³-hybridized carbons (Fsp3) is 0.714. The van der Waals surface area contributed by atoms with Crippen molar-refractivity contribution in [2.45, 2.75) is 58.2 Å². The zero-order valence-corrected chi connectivity index (χ0v) is 12.7. The lowest BCUT2D eigenvalue weighted by atomic mass is 10.2. The monoisotopic (exact) mass is 268 g/mol. The summed E-state index contributed by atoms with van der Waals surface area (Å²) in [7, 11) is 0. The van der Waals surface area contributed by atoms with Crippen LogP contribution >= 0.6 is 11.8 Å². The van der Waals surface area contributed by atoms with Crippen LogP contribution < -0.4 is 0 Å². The van der Waals surface area contributed by atoms with Gasteiger partial charge in [-0.15, -0.1) is 0 Å². The van der Waals surface area contributed by atoms with Gasteiger partial charge in [0.2, 0.25) is 0 Å². The van der Waals surface area contributed by atoms with Crippen LogP contribution in [0.4, 0.5) is 0 Å². The predicted molar refractivity (Wildman–Crippen MR) is 78.2 cm³/mol.